The molecule has 8 heteroatoms. The van der Waals surface area contributed by atoms with Crippen LogP contribution >= 0.6 is 0 Å². The van der Waals surface area contributed by atoms with Crippen molar-refractivity contribution < 1.29 is 9.90 Å². The number of hydrogen-bond acceptors (Lipinski definition) is 5. The first-order valence-electron chi connectivity index (χ1n) is 5.14. The fourth-order valence-corrected chi connectivity index (χ4v) is 1.67. The number of anilines is 1. The Kier molecular flexibility index (Phi) is 2.49. The van der Waals surface area contributed by atoms with E-state index in [1.165, 1.54) is 6.92 Å². The molecule has 0 bridgehead atoms. The van der Waals surface area contributed by atoms with Gasteiger partial charge in [-0.3, -0.25) is 9.78 Å². The number of carboxylic acid groups (broad SMARTS) is 1. The highest BCUT2D eigenvalue weighted by Gasteiger charge is 2.48. The molecule has 1 fully saturated rings. The van der Waals surface area contributed by atoms with Crippen molar-refractivity contribution in [1.29, 1.82) is 0 Å². The van der Waals surface area contributed by atoms with Crippen molar-refractivity contribution in [1.82, 2.24) is 15.2 Å². The minimum absolute atomic E-state index is 0.0341. The van der Waals surface area contributed by atoms with Crippen LogP contribution in [0.4, 0.5) is 5.82 Å². The normalized spacial score (nSPS) is 18.4. The average molecular weight is 240 g/mol. The summed E-state index contributed by atoms with van der Waals surface area (Å²) in [6.07, 6.45) is 1.58. The lowest BCUT2D eigenvalue weighted by Crippen LogP contribution is -2.47. The van der Waals surface area contributed by atoms with Crippen LogP contribution in [0.15, 0.2) is 9.59 Å². The molecular formula is C9H12N4O4. The van der Waals surface area contributed by atoms with E-state index in [2.05, 4.69) is 10.4 Å². The van der Waals surface area contributed by atoms with Crippen molar-refractivity contribution in [2.75, 3.05) is 5.32 Å². The number of nitrogens with one attached hydrogen (secondary N) is 3. The van der Waals surface area contributed by atoms with Crippen molar-refractivity contribution in [2.45, 2.75) is 25.3 Å². The van der Waals surface area contributed by atoms with Crippen molar-refractivity contribution >= 4 is 11.8 Å². The number of aromatic amines is 2. The second-order valence-electron chi connectivity index (χ2n) is 4.26. The van der Waals surface area contributed by atoms with Gasteiger partial charge in [-0.15, -0.1) is 5.10 Å². The van der Waals surface area contributed by atoms with Crippen LogP contribution in [0.1, 0.15) is 19.8 Å². The van der Waals surface area contributed by atoms with E-state index < -0.39 is 22.8 Å². The highest BCUT2D eigenvalue weighted by Crippen LogP contribution is 2.41. The molecule has 2 rings (SSSR count). The molecule has 1 aromatic rings. The molecule has 1 unspecified atom stereocenters. The maximum atomic E-state index is 11.4. The number of H-pyrrole nitrogens is 2. The molecule has 0 radical (unpaired) electrons. The Balaban J connectivity index is 2.33. The third kappa shape index (κ3) is 2.05. The van der Waals surface area contributed by atoms with Crippen LogP contribution in [0.5, 0.6) is 0 Å². The third-order valence-electron chi connectivity index (χ3n) is 2.93. The lowest BCUT2D eigenvalue weighted by Gasteiger charge is -2.25. The Morgan fingerprint density at radius 2 is 2.18 bits per heavy atom. The molecule has 0 saturated heterocycles. The summed E-state index contributed by atoms with van der Waals surface area (Å²) in [6, 6.07) is 0. The van der Waals surface area contributed by atoms with Crippen LogP contribution in [-0.2, 0) is 4.79 Å². The summed E-state index contributed by atoms with van der Waals surface area (Å²) in [6.45, 7) is 1.50. The first-order valence-corrected chi connectivity index (χ1v) is 5.14. The van der Waals surface area contributed by atoms with Crippen LogP contribution in [-0.4, -0.2) is 31.8 Å². The van der Waals surface area contributed by atoms with Gasteiger partial charge in [-0.25, -0.2) is 14.7 Å². The molecule has 1 aliphatic rings. The van der Waals surface area contributed by atoms with E-state index in [0.717, 1.165) is 12.8 Å². The van der Waals surface area contributed by atoms with Gasteiger partial charge in [0.25, 0.3) is 5.56 Å². The summed E-state index contributed by atoms with van der Waals surface area (Å²) in [5, 5.41) is 17.3. The van der Waals surface area contributed by atoms with Gasteiger partial charge in [-0.05, 0) is 25.7 Å². The van der Waals surface area contributed by atoms with Gasteiger partial charge in [0.15, 0.2) is 0 Å². The zero-order chi connectivity index (χ0) is 12.6. The first kappa shape index (κ1) is 11.4. The minimum Gasteiger partial charge on any atom is -0.480 e. The van der Waals surface area contributed by atoms with Gasteiger partial charge < -0.3 is 10.4 Å². The smallest absolute Gasteiger partial charge is 0.342 e. The maximum Gasteiger partial charge on any atom is 0.342 e. The standard InChI is InChI=1S/C9H12N4O4/c1-9(7(15)16,4-2-3-4)11-5-6(14)10-8(17)13-12-5/h4H,2-3H2,1H3,(H,11,12)(H,15,16)(H2,10,13,14,17). The number of carbonyl (C=O) groups is 1. The Morgan fingerprint density at radius 3 is 2.65 bits per heavy atom. The fraction of sp³-hybridized carbons (Fsp3) is 0.556. The highest BCUT2D eigenvalue weighted by atomic mass is 16.4. The molecule has 92 valence electrons. The monoisotopic (exact) mass is 240 g/mol. The Morgan fingerprint density at radius 1 is 1.53 bits per heavy atom. The minimum atomic E-state index is -1.24. The van der Waals surface area contributed by atoms with Crippen LogP contribution in [0, 0.1) is 5.92 Å². The Hall–Kier alpha value is -2.12. The molecule has 4 N–H and O–H groups in total. The predicted octanol–water partition coefficient (Wildman–Crippen LogP) is -0.877. The molecule has 0 spiro atoms. The van der Waals surface area contributed by atoms with Gasteiger partial charge in [0.1, 0.15) is 5.54 Å². The summed E-state index contributed by atoms with van der Waals surface area (Å²) in [5.41, 5.74) is -2.70. The number of rotatable bonds is 4. The van der Waals surface area contributed by atoms with E-state index in [-0.39, 0.29) is 11.7 Å². The molecule has 1 aliphatic carbocycles. The highest BCUT2D eigenvalue weighted by molar-refractivity contribution is 5.82. The largest absolute Gasteiger partial charge is 0.480 e. The molecule has 8 nitrogen and oxygen atoms in total. The van der Waals surface area contributed by atoms with Gasteiger partial charge >= 0.3 is 11.7 Å². The topological polar surface area (TPSA) is 128 Å². The van der Waals surface area contributed by atoms with E-state index >= 15 is 0 Å². The Labute approximate surface area is 95.1 Å². The average Bonchev–Trinajstić information content (AvgIpc) is 3.05. The van der Waals surface area contributed by atoms with Crippen LogP contribution in [0.25, 0.3) is 0 Å². The molecule has 1 saturated carbocycles. The van der Waals surface area contributed by atoms with Gasteiger partial charge in [0.05, 0.1) is 0 Å². The fourth-order valence-electron chi connectivity index (χ4n) is 1.67. The number of hydrogen-bond donors (Lipinski definition) is 4. The zero-order valence-corrected chi connectivity index (χ0v) is 9.11. The van der Waals surface area contributed by atoms with E-state index in [1.54, 1.807) is 0 Å². The van der Waals surface area contributed by atoms with E-state index in [1.807, 2.05) is 10.1 Å². The van der Waals surface area contributed by atoms with Crippen LogP contribution < -0.4 is 16.6 Å². The van der Waals surface area contributed by atoms with Crippen molar-refractivity contribution in [2.24, 2.45) is 5.92 Å². The van der Waals surface area contributed by atoms with Crippen molar-refractivity contribution in [3.05, 3.63) is 20.8 Å². The van der Waals surface area contributed by atoms with Gasteiger partial charge in [-0.2, -0.15) is 0 Å². The second-order valence-corrected chi connectivity index (χ2v) is 4.26. The molecular weight excluding hydrogens is 228 g/mol. The summed E-state index contributed by atoms with van der Waals surface area (Å²) < 4.78 is 0. The number of aliphatic carboxylic acids is 1. The van der Waals surface area contributed by atoms with E-state index in [4.69, 9.17) is 0 Å². The molecule has 0 aliphatic heterocycles. The van der Waals surface area contributed by atoms with Crippen molar-refractivity contribution in [3.63, 3.8) is 0 Å². The van der Waals surface area contributed by atoms with Gasteiger partial charge in [0.2, 0.25) is 5.82 Å². The molecule has 0 amide bonds. The zero-order valence-electron chi connectivity index (χ0n) is 9.11. The lowest BCUT2D eigenvalue weighted by atomic mass is 9.96. The van der Waals surface area contributed by atoms with E-state index in [0.29, 0.717) is 0 Å². The quantitative estimate of drug-likeness (QED) is 0.541. The second kappa shape index (κ2) is 3.72. The summed E-state index contributed by atoms with van der Waals surface area (Å²) in [5.74, 6) is -1.28. The number of aromatic nitrogens is 3. The molecule has 17 heavy (non-hydrogen) atoms. The molecule has 0 aromatic carbocycles. The number of carboxylic acids is 1. The predicted molar refractivity (Wildman–Crippen MR) is 57.9 cm³/mol. The number of nitrogens with zero attached hydrogens (tertiary/aromatic N) is 1. The van der Waals surface area contributed by atoms with Gasteiger partial charge in [-0.1, -0.05) is 0 Å². The third-order valence-corrected chi connectivity index (χ3v) is 2.93. The Bertz CT molecular complexity index is 559. The molecule has 1 heterocycles. The summed E-state index contributed by atoms with van der Waals surface area (Å²) in [4.78, 5) is 35.3. The van der Waals surface area contributed by atoms with Crippen LogP contribution in [0.2, 0.25) is 0 Å². The van der Waals surface area contributed by atoms with Crippen molar-refractivity contribution in [3.8, 4) is 0 Å². The molecule has 1 aromatic heterocycles. The van der Waals surface area contributed by atoms with Gasteiger partial charge in [0, 0.05) is 0 Å². The molecule has 1 atom stereocenters. The first-order chi connectivity index (χ1) is 7.93. The SMILES string of the molecule is CC(Nc1n[nH]c(=O)[nH]c1=O)(C(=O)O)C1CC1. The maximum absolute atomic E-state index is 11.4. The van der Waals surface area contributed by atoms with Crippen LogP contribution in [0.3, 0.4) is 0 Å². The summed E-state index contributed by atoms with van der Waals surface area (Å²) in [7, 11) is 0. The lowest BCUT2D eigenvalue weighted by molar-refractivity contribution is -0.142. The summed E-state index contributed by atoms with van der Waals surface area (Å²) >= 11 is 0. The van der Waals surface area contributed by atoms with E-state index in [9.17, 15) is 19.5 Å².